The number of carbonyl (C=O) groups excluding carboxylic acids is 2. The summed E-state index contributed by atoms with van der Waals surface area (Å²) in [5, 5.41) is 0. The first-order chi connectivity index (χ1) is 12.1. The van der Waals surface area contributed by atoms with E-state index in [0.717, 1.165) is 12.0 Å². The number of likely N-dealkylation sites (tertiary alicyclic amines) is 1. The van der Waals surface area contributed by atoms with Crippen molar-refractivity contribution in [1.82, 2.24) is 9.88 Å². The molecule has 2 aliphatic rings. The van der Waals surface area contributed by atoms with Crippen molar-refractivity contribution in [3.8, 4) is 0 Å². The van der Waals surface area contributed by atoms with E-state index in [1.165, 1.54) is 11.0 Å². The number of hydrogen-bond acceptors (Lipinski definition) is 3. The summed E-state index contributed by atoms with van der Waals surface area (Å²) < 4.78 is 13.8. The highest BCUT2D eigenvalue weighted by Crippen LogP contribution is 2.31. The van der Waals surface area contributed by atoms with Crippen molar-refractivity contribution >= 4 is 17.5 Å². The fraction of sp³-hybridized carbons (Fsp3) is 0.316. The Kier molecular flexibility index (Phi) is 3.95. The number of benzene rings is 1. The molecule has 0 bridgehead atoms. The van der Waals surface area contributed by atoms with Crippen LogP contribution in [0.15, 0.2) is 42.7 Å². The van der Waals surface area contributed by atoms with E-state index in [-0.39, 0.29) is 11.7 Å². The molecule has 25 heavy (non-hydrogen) atoms. The Bertz CT molecular complexity index is 825. The number of carbonyl (C=O) groups is 2. The quantitative estimate of drug-likeness (QED) is 0.748. The number of hydrogen-bond donors (Lipinski definition) is 0. The van der Waals surface area contributed by atoms with Crippen LogP contribution in [-0.2, 0) is 16.0 Å². The number of amides is 2. The normalized spacial score (nSPS) is 19.2. The molecule has 1 fully saturated rings. The van der Waals surface area contributed by atoms with Crippen LogP contribution in [0.25, 0.3) is 0 Å². The number of aromatic nitrogens is 1. The van der Waals surface area contributed by atoms with Crippen LogP contribution in [0.2, 0.25) is 0 Å². The number of pyridine rings is 1. The molecule has 2 aliphatic heterocycles. The van der Waals surface area contributed by atoms with E-state index in [0.29, 0.717) is 37.3 Å². The molecule has 0 spiro atoms. The molecule has 2 amide bonds. The van der Waals surface area contributed by atoms with E-state index in [9.17, 15) is 14.0 Å². The highest BCUT2D eigenvalue weighted by Gasteiger charge is 2.36. The number of rotatable bonds is 1. The van der Waals surface area contributed by atoms with Crippen LogP contribution in [0, 0.1) is 5.82 Å². The summed E-state index contributed by atoms with van der Waals surface area (Å²) in [6.07, 6.45) is 4.78. The van der Waals surface area contributed by atoms with Crippen molar-refractivity contribution in [2.45, 2.75) is 18.8 Å². The van der Waals surface area contributed by atoms with Gasteiger partial charge in [-0.05, 0) is 36.6 Å². The van der Waals surface area contributed by atoms with E-state index in [4.69, 9.17) is 0 Å². The van der Waals surface area contributed by atoms with Gasteiger partial charge in [0.1, 0.15) is 5.82 Å². The summed E-state index contributed by atoms with van der Waals surface area (Å²) in [5.41, 5.74) is 2.11. The molecular formula is C19H18FN3O2. The Morgan fingerprint density at radius 1 is 1.12 bits per heavy atom. The maximum Gasteiger partial charge on any atom is 0.316 e. The van der Waals surface area contributed by atoms with Gasteiger partial charge in [-0.3, -0.25) is 14.6 Å². The third kappa shape index (κ3) is 2.77. The number of fused-ring (bicyclic) bond motifs is 1. The van der Waals surface area contributed by atoms with Crippen LogP contribution in [-0.4, -0.2) is 41.3 Å². The maximum atomic E-state index is 13.8. The van der Waals surface area contributed by atoms with Gasteiger partial charge < -0.3 is 9.80 Å². The second kappa shape index (κ2) is 6.27. The van der Waals surface area contributed by atoms with Gasteiger partial charge in [-0.2, -0.15) is 0 Å². The number of halogens is 1. The molecule has 5 nitrogen and oxygen atoms in total. The molecule has 0 saturated carbocycles. The monoisotopic (exact) mass is 339 g/mol. The van der Waals surface area contributed by atoms with Crippen LogP contribution in [0.5, 0.6) is 0 Å². The molecule has 0 N–H and O–H groups in total. The molecule has 1 atom stereocenters. The number of anilines is 1. The summed E-state index contributed by atoms with van der Waals surface area (Å²) in [6.45, 7) is 1.41. The van der Waals surface area contributed by atoms with Crippen molar-refractivity contribution < 1.29 is 14.0 Å². The summed E-state index contributed by atoms with van der Waals surface area (Å²) in [4.78, 5) is 32.4. The Morgan fingerprint density at radius 2 is 2.00 bits per heavy atom. The molecule has 1 unspecified atom stereocenters. The molecule has 1 aromatic carbocycles. The fourth-order valence-electron chi connectivity index (χ4n) is 3.69. The molecule has 128 valence electrons. The smallest absolute Gasteiger partial charge is 0.316 e. The molecule has 1 saturated heterocycles. The minimum atomic E-state index is -0.573. The first-order valence-corrected chi connectivity index (χ1v) is 8.43. The van der Waals surface area contributed by atoms with Crippen molar-refractivity contribution in [1.29, 1.82) is 0 Å². The second-order valence-corrected chi connectivity index (χ2v) is 6.47. The van der Waals surface area contributed by atoms with E-state index in [2.05, 4.69) is 4.98 Å². The lowest BCUT2D eigenvalue weighted by atomic mass is 10.0. The van der Waals surface area contributed by atoms with Gasteiger partial charge in [-0.1, -0.05) is 12.1 Å². The zero-order chi connectivity index (χ0) is 17.4. The Hall–Kier alpha value is -2.76. The van der Waals surface area contributed by atoms with Crippen LogP contribution in [0.3, 0.4) is 0 Å². The van der Waals surface area contributed by atoms with Crippen molar-refractivity contribution in [3.05, 3.63) is 59.7 Å². The van der Waals surface area contributed by atoms with Crippen LogP contribution in [0.1, 0.15) is 23.5 Å². The zero-order valence-corrected chi connectivity index (χ0v) is 13.7. The average molecular weight is 339 g/mol. The second-order valence-electron chi connectivity index (χ2n) is 6.47. The van der Waals surface area contributed by atoms with Gasteiger partial charge in [-0.15, -0.1) is 0 Å². The van der Waals surface area contributed by atoms with Gasteiger partial charge in [0.05, 0.1) is 5.69 Å². The standard InChI is InChI=1S/C19H18FN3O2/c20-16-4-1-5-17-15(16)7-10-23(17)19(25)18(24)22-9-6-14(12-22)13-3-2-8-21-11-13/h1-5,8,11,14H,6-7,9-10,12H2. The first kappa shape index (κ1) is 15.7. The third-order valence-corrected chi connectivity index (χ3v) is 5.03. The average Bonchev–Trinajstić information content (AvgIpc) is 3.29. The van der Waals surface area contributed by atoms with Gasteiger partial charge in [-0.25, -0.2) is 4.39 Å². The van der Waals surface area contributed by atoms with E-state index in [1.807, 2.05) is 12.1 Å². The highest BCUT2D eigenvalue weighted by molar-refractivity contribution is 6.40. The summed E-state index contributed by atoms with van der Waals surface area (Å²) in [5.74, 6) is -1.20. The minimum absolute atomic E-state index is 0.203. The molecule has 6 heteroatoms. The van der Waals surface area contributed by atoms with Gasteiger partial charge in [0, 0.05) is 43.5 Å². The van der Waals surface area contributed by atoms with E-state index < -0.39 is 11.8 Å². The minimum Gasteiger partial charge on any atom is -0.334 e. The van der Waals surface area contributed by atoms with Crippen LogP contribution >= 0.6 is 0 Å². The lowest BCUT2D eigenvalue weighted by Gasteiger charge is -2.21. The van der Waals surface area contributed by atoms with Crippen molar-refractivity contribution in [2.24, 2.45) is 0 Å². The fourth-order valence-corrected chi connectivity index (χ4v) is 3.69. The third-order valence-electron chi connectivity index (χ3n) is 5.03. The lowest BCUT2D eigenvalue weighted by Crippen LogP contribution is -2.44. The van der Waals surface area contributed by atoms with E-state index in [1.54, 1.807) is 29.4 Å². The largest absolute Gasteiger partial charge is 0.334 e. The van der Waals surface area contributed by atoms with Crippen molar-refractivity contribution in [2.75, 3.05) is 24.5 Å². The zero-order valence-electron chi connectivity index (χ0n) is 13.7. The maximum absolute atomic E-state index is 13.8. The topological polar surface area (TPSA) is 53.5 Å². The Balaban J connectivity index is 1.48. The summed E-state index contributed by atoms with van der Waals surface area (Å²) >= 11 is 0. The number of nitrogens with zero attached hydrogens (tertiary/aromatic N) is 3. The highest BCUT2D eigenvalue weighted by atomic mass is 19.1. The summed E-state index contributed by atoms with van der Waals surface area (Å²) in [7, 11) is 0. The SMILES string of the molecule is O=C(C(=O)N1CCc2c(F)cccc21)N1CCC(c2cccnc2)C1. The van der Waals surface area contributed by atoms with Crippen LogP contribution in [0.4, 0.5) is 10.1 Å². The molecular weight excluding hydrogens is 321 g/mol. The van der Waals surface area contributed by atoms with E-state index >= 15 is 0 Å². The molecule has 4 rings (SSSR count). The first-order valence-electron chi connectivity index (χ1n) is 8.43. The van der Waals surface area contributed by atoms with Gasteiger partial charge in [0.2, 0.25) is 0 Å². The van der Waals surface area contributed by atoms with Crippen molar-refractivity contribution in [3.63, 3.8) is 0 Å². The Labute approximate surface area is 145 Å². The predicted octanol–water partition coefficient (Wildman–Crippen LogP) is 2.13. The van der Waals surface area contributed by atoms with Gasteiger partial charge in [0.15, 0.2) is 0 Å². The molecule has 0 aliphatic carbocycles. The van der Waals surface area contributed by atoms with Gasteiger partial charge in [0.25, 0.3) is 0 Å². The molecule has 1 aromatic heterocycles. The predicted molar refractivity (Wildman–Crippen MR) is 90.6 cm³/mol. The molecule has 0 radical (unpaired) electrons. The van der Waals surface area contributed by atoms with Gasteiger partial charge >= 0.3 is 11.8 Å². The lowest BCUT2D eigenvalue weighted by molar-refractivity contribution is -0.143. The Morgan fingerprint density at radius 3 is 2.80 bits per heavy atom. The molecule has 2 aromatic rings. The van der Waals surface area contributed by atoms with Crippen LogP contribution < -0.4 is 4.90 Å². The molecule has 3 heterocycles. The summed E-state index contributed by atoms with van der Waals surface area (Å²) in [6, 6.07) is 8.51.